The van der Waals surface area contributed by atoms with Gasteiger partial charge >= 0.3 is 12.1 Å². The van der Waals surface area contributed by atoms with Crippen LogP contribution in [-0.2, 0) is 9.47 Å². The summed E-state index contributed by atoms with van der Waals surface area (Å²) in [6.07, 6.45) is 1.15. The predicted molar refractivity (Wildman–Crippen MR) is 107 cm³/mol. The first kappa shape index (κ1) is 22.8. The standard InChI is InChI=1S/C19H31N5O5/c1-14-15(13-21-16(22-14)17(25)26)24-8-6-23(7-9-24)10-12-28-11-5-20-18(27)29-19(2,3)4/h13H,5-12H2,1-4H3,(H,20,27)(H,25,26). The number of piperazine rings is 1. The van der Waals surface area contributed by atoms with E-state index in [1.165, 1.54) is 0 Å². The zero-order chi connectivity index (χ0) is 21.4. The van der Waals surface area contributed by atoms with E-state index in [9.17, 15) is 9.59 Å². The average Bonchev–Trinajstić information content (AvgIpc) is 2.63. The number of anilines is 1. The third kappa shape index (κ3) is 7.82. The summed E-state index contributed by atoms with van der Waals surface area (Å²) >= 11 is 0. The summed E-state index contributed by atoms with van der Waals surface area (Å²) in [4.78, 5) is 34.9. The molecule has 2 N–H and O–H groups in total. The summed E-state index contributed by atoms with van der Waals surface area (Å²) in [5, 5.41) is 11.6. The van der Waals surface area contributed by atoms with Gasteiger partial charge in [-0.2, -0.15) is 0 Å². The van der Waals surface area contributed by atoms with E-state index < -0.39 is 17.7 Å². The highest BCUT2D eigenvalue weighted by molar-refractivity contribution is 5.83. The number of nitrogens with zero attached hydrogens (tertiary/aromatic N) is 4. The summed E-state index contributed by atoms with van der Waals surface area (Å²) in [7, 11) is 0. The SMILES string of the molecule is Cc1nc(C(=O)O)ncc1N1CCN(CCOCCNC(=O)OC(C)(C)C)CC1. The maximum Gasteiger partial charge on any atom is 0.407 e. The van der Waals surface area contributed by atoms with Crippen molar-refractivity contribution in [2.24, 2.45) is 0 Å². The molecule has 0 saturated carbocycles. The summed E-state index contributed by atoms with van der Waals surface area (Å²) in [5.74, 6) is -1.30. The largest absolute Gasteiger partial charge is 0.475 e. The van der Waals surface area contributed by atoms with Crippen molar-refractivity contribution in [3.05, 3.63) is 17.7 Å². The number of aromatic carboxylic acids is 1. The first-order chi connectivity index (χ1) is 13.7. The molecule has 1 aromatic heterocycles. The Labute approximate surface area is 171 Å². The van der Waals surface area contributed by atoms with Gasteiger partial charge in [-0.15, -0.1) is 0 Å². The molecule has 0 bridgehead atoms. The number of carboxylic acids is 1. The number of aromatic nitrogens is 2. The number of ether oxygens (including phenoxy) is 2. The zero-order valence-electron chi connectivity index (χ0n) is 17.6. The highest BCUT2D eigenvalue weighted by Crippen LogP contribution is 2.19. The number of hydrogen-bond donors (Lipinski definition) is 2. The van der Waals surface area contributed by atoms with Crippen molar-refractivity contribution in [3.8, 4) is 0 Å². The molecule has 2 rings (SSSR count). The van der Waals surface area contributed by atoms with Crippen molar-refractivity contribution in [1.82, 2.24) is 20.2 Å². The number of carbonyl (C=O) groups is 2. The Balaban J connectivity index is 1.62. The fraction of sp³-hybridized carbons (Fsp3) is 0.684. The lowest BCUT2D eigenvalue weighted by Crippen LogP contribution is -2.47. The predicted octanol–water partition coefficient (Wildman–Crippen LogP) is 1.15. The number of alkyl carbamates (subject to hydrolysis) is 1. The van der Waals surface area contributed by atoms with E-state index in [0.717, 1.165) is 38.4 Å². The second kappa shape index (κ2) is 10.4. The highest BCUT2D eigenvalue weighted by atomic mass is 16.6. The van der Waals surface area contributed by atoms with Gasteiger partial charge in [0.25, 0.3) is 0 Å². The first-order valence-corrected chi connectivity index (χ1v) is 9.74. The molecule has 0 radical (unpaired) electrons. The molecule has 2 heterocycles. The van der Waals surface area contributed by atoms with E-state index in [1.54, 1.807) is 13.1 Å². The van der Waals surface area contributed by atoms with Gasteiger partial charge in [0.1, 0.15) is 5.60 Å². The topological polar surface area (TPSA) is 117 Å². The summed E-state index contributed by atoms with van der Waals surface area (Å²) in [6, 6.07) is 0. The maximum atomic E-state index is 11.5. The third-order valence-electron chi connectivity index (χ3n) is 4.32. The lowest BCUT2D eigenvalue weighted by atomic mass is 10.2. The lowest BCUT2D eigenvalue weighted by Gasteiger charge is -2.36. The molecule has 1 aliphatic rings. The van der Waals surface area contributed by atoms with E-state index in [1.807, 2.05) is 20.8 Å². The molecule has 29 heavy (non-hydrogen) atoms. The van der Waals surface area contributed by atoms with Crippen LogP contribution in [0.5, 0.6) is 0 Å². The Morgan fingerprint density at radius 1 is 1.21 bits per heavy atom. The fourth-order valence-corrected chi connectivity index (χ4v) is 2.92. The molecule has 10 heteroatoms. The van der Waals surface area contributed by atoms with Crippen LogP contribution in [0.15, 0.2) is 6.20 Å². The molecule has 1 saturated heterocycles. The molecule has 0 aromatic carbocycles. The van der Waals surface area contributed by atoms with Crippen LogP contribution in [-0.4, -0.2) is 90.1 Å². The Bertz CT molecular complexity index is 699. The van der Waals surface area contributed by atoms with Crippen LogP contribution in [0, 0.1) is 6.92 Å². The molecule has 0 unspecified atom stereocenters. The number of carboxylic acid groups (broad SMARTS) is 1. The molecule has 10 nitrogen and oxygen atoms in total. The molecule has 162 valence electrons. The molecule has 1 fully saturated rings. The van der Waals surface area contributed by atoms with Gasteiger partial charge in [0.2, 0.25) is 5.82 Å². The quantitative estimate of drug-likeness (QED) is 0.610. The van der Waals surface area contributed by atoms with Gasteiger partial charge in [-0.25, -0.2) is 19.6 Å². The minimum Gasteiger partial charge on any atom is -0.475 e. The Kier molecular flexibility index (Phi) is 8.15. The normalized spacial score (nSPS) is 15.2. The fourth-order valence-electron chi connectivity index (χ4n) is 2.92. The number of hydrogen-bond acceptors (Lipinski definition) is 8. The highest BCUT2D eigenvalue weighted by Gasteiger charge is 2.20. The van der Waals surface area contributed by atoms with Crippen molar-refractivity contribution >= 4 is 17.7 Å². The van der Waals surface area contributed by atoms with Crippen molar-refractivity contribution < 1.29 is 24.2 Å². The van der Waals surface area contributed by atoms with Crippen molar-refractivity contribution in [2.45, 2.75) is 33.3 Å². The van der Waals surface area contributed by atoms with Gasteiger partial charge in [0.15, 0.2) is 0 Å². The van der Waals surface area contributed by atoms with Crippen LogP contribution < -0.4 is 10.2 Å². The van der Waals surface area contributed by atoms with Crippen LogP contribution in [0.1, 0.15) is 37.1 Å². The summed E-state index contributed by atoms with van der Waals surface area (Å²) in [6.45, 7) is 12.9. The van der Waals surface area contributed by atoms with E-state index in [0.29, 0.717) is 25.5 Å². The first-order valence-electron chi connectivity index (χ1n) is 9.74. The van der Waals surface area contributed by atoms with Crippen molar-refractivity contribution in [2.75, 3.05) is 57.4 Å². The van der Waals surface area contributed by atoms with Gasteiger partial charge in [0, 0.05) is 39.3 Å². The second-order valence-corrected chi connectivity index (χ2v) is 7.84. The average molecular weight is 409 g/mol. The summed E-state index contributed by atoms with van der Waals surface area (Å²) in [5.41, 5.74) is 1.04. The van der Waals surface area contributed by atoms with E-state index >= 15 is 0 Å². The zero-order valence-corrected chi connectivity index (χ0v) is 17.6. The molecule has 0 aliphatic carbocycles. The maximum absolute atomic E-state index is 11.5. The number of amides is 1. The number of carbonyl (C=O) groups excluding carboxylic acids is 1. The van der Waals surface area contributed by atoms with E-state index in [2.05, 4.69) is 25.1 Å². The van der Waals surface area contributed by atoms with Crippen LogP contribution in [0.4, 0.5) is 10.5 Å². The van der Waals surface area contributed by atoms with Gasteiger partial charge in [-0.1, -0.05) is 0 Å². The molecule has 1 aliphatic heterocycles. The van der Waals surface area contributed by atoms with E-state index in [-0.39, 0.29) is 5.82 Å². The minimum absolute atomic E-state index is 0.178. The molecular weight excluding hydrogens is 378 g/mol. The lowest BCUT2D eigenvalue weighted by molar-refractivity contribution is 0.0489. The molecule has 1 aromatic rings. The second-order valence-electron chi connectivity index (χ2n) is 7.84. The van der Waals surface area contributed by atoms with Crippen LogP contribution in [0.3, 0.4) is 0 Å². The number of rotatable bonds is 8. The smallest absolute Gasteiger partial charge is 0.407 e. The van der Waals surface area contributed by atoms with Crippen molar-refractivity contribution in [1.29, 1.82) is 0 Å². The van der Waals surface area contributed by atoms with Crippen molar-refractivity contribution in [3.63, 3.8) is 0 Å². The molecule has 0 spiro atoms. The monoisotopic (exact) mass is 409 g/mol. The Morgan fingerprint density at radius 2 is 1.90 bits per heavy atom. The number of aryl methyl sites for hydroxylation is 1. The molecule has 1 amide bonds. The summed E-state index contributed by atoms with van der Waals surface area (Å²) < 4.78 is 10.7. The van der Waals surface area contributed by atoms with Gasteiger partial charge in [0.05, 0.1) is 30.8 Å². The Morgan fingerprint density at radius 3 is 2.48 bits per heavy atom. The van der Waals surface area contributed by atoms with E-state index in [4.69, 9.17) is 14.6 Å². The molecule has 0 atom stereocenters. The third-order valence-corrected chi connectivity index (χ3v) is 4.32. The van der Waals surface area contributed by atoms with Crippen LogP contribution in [0.25, 0.3) is 0 Å². The molecular formula is C19H31N5O5. The van der Waals surface area contributed by atoms with Crippen LogP contribution >= 0.6 is 0 Å². The van der Waals surface area contributed by atoms with Gasteiger partial charge < -0.3 is 24.8 Å². The van der Waals surface area contributed by atoms with Gasteiger partial charge in [-0.3, -0.25) is 4.90 Å². The Hall–Kier alpha value is -2.46. The minimum atomic E-state index is -1.12. The van der Waals surface area contributed by atoms with Crippen LogP contribution in [0.2, 0.25) is 0 Å². The number of nitrogens with one attached hydrogen (secondary N) is 1. The van der Waals surface area contributed by atoms with Gasteiger partial charge in [-0.05, 0) is 27.7 Å².